The Kier molecular flexibility index (Phi) is 3.98. The van der Waals surface area contributed by atoms with E-state index in [2.05, 4.69) is 39.1 Å². The molecule has 4 nitrogen and oxygen atoms in total. The van der Waals surface area contributed by atoms with Crippen LogP contribution in [-0.4, -0.2) is 41.5 Å². The lowest BCUT2D eigenvalue weighted by Crippen LogP contribution is -2.50. The summed E-state index contributed by atoms with van der Waals surface area (Å²) in [5.41, 5.74) is 2.14. The summed E-state index contributed by atoms with van der Waals surface area (Å²) in [6.45, 7) is 6.21. The molecule has 1 saturated heterocycles. The Bertz CT molecular complexity index is 512. The maximum atomic E-state index is 12.3. The van der Waals surface area contributed by atoms with Crippen LogP contribution in [0, 0.1) is 0 Å². The third-order valence-electron chi connectivity index (χ3n) is 4.36. The van der Waals surface area contributed by atoms with Crippen LogP contribution in [0.3, 0.4) is 0 Å². The van der Waals surface area contributed by atoms with Gasteiger partial charge in [-0.15, -0.1) is 0 Å². The molecular weight excluding hydrogens is 318 g/mol. The number of halogens is 1. The van der Waals surface area contributed by atoms with Gasteiger partial charge in [0.25, 0.3) is 0 Å². The summed E-state index contributed by atoms with van der Waals surface area (Å²) in [5, 5.41) is 3.01. The van der Waals surface area contributed by atoms with Crippen molar-refractivity contribution in [3.05, 3.63) is 28.2 Å². The number of carbonyl (C=O) groups excluding carboxylic acids is 1. The number of rotatable bonds is 2. The normalized spacial score (nSPS) is 20.7. The molecule has 3 rings (SSSR count). The van der Waals surface area contributed by atoms with Crippen LogP contribution in [0.15, 0.2) is 22.7 Å². The van der Waals surface area contributed by atoms with Gasteiger partial charge in [-0.2, -0.15) is 0 Å². The number of hydrogen-bond acceptors (Lipinski definition) is 2. The van der Waals surface area contributed by atoms with Crippen LogP contribution < -0.4 is 5.32 Å². The monoisotopic (exact) mass is 337 g/mol. The molecule has 1 fully saturated rings. The summed E-state index contributed by atoms with van der Waals surface area (Å²) in [7, 11) is 0. The molecule has 2 amide bonds. The first-order valence-electron chi connectivity index (χ1n) is 7.26. The Morgan fingerprint density at radius 3 is 2.80 bits per heavy atom. The molecule has 2 aliphatic rings. The number of anilines is 1. The SMILES string of the molecule is CCN1CCC(N2Cc3cc(Br)ccc3NC2=O)CC1. The molecule has 0 aliphatic carbocycles. The van der Waals surface area contributed by atoms with Crippen LogP contribution in [0.2, 0.25) is 0 Å². The Labute approximate surface area is 128 Å². The predicted octanol–water partition coefficient (Wildman–Crippen LogP) is 3.28. The van der Waals surface area contributed by atoms with Gasteiger partial charge in [0, 0.05) is 35.8 Å². The number of hydrogen-bond donors (Lipinski definition) is 1. The van der Waals surface area contributed by atoms with Crippen molar-refractivity contribution >= 4 is 27.6 Å². The van der Waals surface area contributed by atoms with E-state index in [0.29, 0.717) is 6.04 Å². The molecule has 20 heavy (non-hydrogen) atoms. The number of likely N-dealkylation sites (tertiary alicyclic amines) is 1. The van der Waals surface area contributed by atoms with Gasteiger partial charge in [-0.3, -0.25) is 0 Å². The Hall–Kier alpha value is -1.07. The molecule has 5 heteroatoms. The Morgan fingerprint density at radius 2 is 2.10 bits per heavy atom. The van der Waals surface area contributed by atoms with Crippen molar-refractivity contribution in [2.45, 2.75) is 32.4 Å². The van der Waals surface area contributed by atoms with Crippen molar-refractivity contribution in [2.75, 3.05) is 25.0 Å². The van der Waals surface area contributed by atoms with Crippen LogP contribution in [-0.2, 0) is 6.54 Å². The average molecular weight is 338 g/mol. The zero-order chi connectivity index (χ0) is 14.1. The van der Waals surface area contributed by atoms with E-state index >= 15 is 0 Å². The molecule has 1 aromatic rings. The van der Waals surface area contributed by atoms with Crippen molar-refractivity contribution in [3.63, 3.8) is 0 Å². The van der Waals surface area contributed by atoms with Crippen LogP contribution in [0.1, 0.15) is 25.3 Å². The van der Waals surface area contributed by atoms with Crippen molar-refractivity contribution in [2.24, 2.45) is 0 Å². The zero-order valence-corrected chi connectivity index (χ0v) is 13.3. The third kappa shape index (κ3) is 2.69. The zero-order valence-electron chi connectivity index (χ0n) is 11.7. The third-order valence-corrected chi connectivity index (χ3v) is 4.85. The molecule has 0 unspecified atom stereocenters. The fourth-order valence-corrected chi connectivity index (χ4v) is 3.51. The predicted molar refractivity (Wildman–Crippen MR) is 83.8 cm³/mol. The number of fused-ring (bicyclic) bond motifs is 1. The fraction of sp³-hybridized carbons (Fsp3) is 0.533. The second-order valence-corrected chi connectivity index (χ2v) is 6.44. The number of amides is 2. The molecule has 0 bridgehead atoms. The van der Waals surface area contributed by atoms with Gasteiger partial charge in [0.2, 0.25) is 0 Å². The van der Waals surface area contributed by atoms with Gasteiger partial charge >= 0.3 is 6.03 Å². The topological polar surface area (TPSA) is 35.6 Å². The molecule has 0 spiro atoms. The molecule has 2 heterocycles. The second kappa shape index (κ2) is 5.74. The van der Waals surface area contributed by atoms with E-state index in [1.807, 2.05) is 17.0 Å². The molecule has 0 aromatic heterocycles. The summed E-state index contributed by atoms with van der Waals surface area (Å²) in [6, 6.07) is 6.45. The Morgan fingerprint density at radius 1 is 1.35 bits per heavy atom. The highest BCUT2D eigenvalue weighted by atomic mass is 79.9. The van der Waals surface area contributed by atoms with E-state index in [0.717, 1.165) is 49.2 Å². The maximum absolute atomic E-state index is 12.3. The van der Waals surface area contributed by atoms with Crippen LogP contribution in [0.25, 0.3) is 0 Å². The first kappa shape index (κ1) is 13.9. The van der Waals surface area contributed by atoms with Gasteiger partial charge in [-0.1, -0.05) is 22.9 Å². The van der Waals surface area contributed by atoms with Crippen LogP contribution in [0.5, 0.6) is 0 Å². The van der Waals surface area contributed by atoms with Crippen LogP contribution >= 0.6 is 15.9 Å². The van der Waals surface area contributed by atoms with Gasteiger partial charge in [0.05, 0.1) is 0 Å². The lowest BCUT2D eigenvalue weighted by molar-refractivity contribution is 0.124. The number of nitrogens with zero attached hydrogens (tertiary/aromatic N) is 2. The van der Waals surface area contributed by atoms with E-state index < -0.39 is 0 Å². The number of carbonyl (C=O) groups is 1. The van der Waals surface area contributed by atoms with E-state index in [9.17, 15) is 4.79 Å². The first-order valence-corrected chi connectivity index (χ1v) is 8.05. The standard InChI is InChI=1S/C15H20BrN3O/c1-2-18-7-5-13(6-8-18)19-10-11-9-12(16)3-4-14(11)17-15(19)20/h3-4,9,13H,2,5-8,10H2,1H3,(H,17,20). The molecule has 1 N–H and O–H groups in total. The quantitative estimate of drug-likeness (QED) is 0.898. The van der Waals surface area contributed by atoms with Gasteiger partial charge in [0.15, 0.2) is 0 Å². The lowest BCUT2D eigenvalue weighted by atomic mass is 10.0. The molecule has 0 atom stereocenters. The molecule has 0 radical (unpaired) electrons. The van der Waals surface area contributed by atoms with Crippen molar-refractivity contribution in [1.29, 1.82) is 0 Å². The van der Waals surface area contributed by atoms with Gasteiger partial charge in [-0.05, 0) is 43.1 Å². The number of piperidine rings is 1. The molecule has 0 saturated carbocycles. The number of nitrogens with one attached hydrogen (secondary N) is 1. The number of urea groups is 1. The average Bonchev–Trinajstić information content (AvgIpc) is 2.47. The summed E-state index contributed by atoms with van der Waals surface area (Å²) in [4.78, 5) is 16.7. The molecule has 2 aliphatic heterocycles. The minimum Gasteiger partial charge on any atom is -0.317 e. The highest BCUT2D eigenvalue weighted by molar-refractivity contribution is 9.10. The smallest absolute Gasteiger partial charge is 0.317 e. The van der Waals surface area contributed by atoms with Gasteiger partial charge in [0.1, 0.15) is 0 Å². The summed E-state index contributed by atoms with van der Waals surface area (Å²) in [5.74, 6) is 0. The largest absolute Gasteiger partial charge is 0.322 e. The summed E-state index contributed by atoms with van der Waals surface area (Å²) < 4.78 is 1.06. The first-order chi connectivity index (χ1) is 9.67. The molecule has 1 aromatic carbocycles. The maximum Gasteiger partial charge on any atom is 0.322 e. The minimum atomic E-state index is 0.0507. The number of benzene rings is 1. The van der Waals surface area contributed by atoms with Crippen molar-refractivity contribution < 1.29 is 4.79 Å². The second-order valence-electron chi connectivity index (χ2n) is 5.52. The minimum absolute atomic E-state index is 0.0507. The van der Waals surface area contributed by atoms with Crippen molar-refractivity contribution in [3.8, 4) is 0 Å². The highest BCUT2D eigenvalue weighted by Crippen LogP contribution is 2.29. The lowest BCUT2D eigenvalue weighted by Gasteiger charge is -2.40. The van der Waals surface area contributed by atoms with Crippen molar-refractivity contribution in [1.82, 2.24) is 9.80 Å². The van der Waals surface area contributed by atoms with Gasteiger partial charge < -0.3 is 15.1 Å². The fourth-order valence-electron chi connectivity index (χ4n) is 3.10. The highest BCUT2D eigenvalue weighted by Gasteiger charge is 2.31. The van der Waals surface area contributed by atoms with E-state index in [4.69, 9.17) is 0 Å². The molecular formula is C15H20BrN3O. The molecule has 108 valence electrons. The summed E-state index contributed by atoms with van der Waals surface area (Å²) in [6.07, 6.45) is 2.15. The summed E-state index contributed by atoms with van der Waals surface area (Å²) >= 11 is 3.50. The van der Waals surface area contributed by atoms with E-state index in [-0.39, 0.29) is 6.03 Å². The van der Waals surface area contributed by atoms with E-state index in [1.165, 1.54) is 5.56 Å². The van der Waals surface area contributed by atoms with E-state index in [1.54, 1.807) is 0 Å². The Balaban J connectivity index is 1.74. The van der Waals surface area contributed by atoms with Gasteiger partial charge in [-0.25, -0.2) is 4.79 Å². The van der Waals surface area contributed by atoms with Crippen LogP contribution in [0.4, 0.5) is 10.5 Å².